The second-order valence-electron chi connectivity index (χ2n) is 8.88. The molecule has 2 aromatic rings. The molecule has 2 aromatic carbocycles. The third-order valence-corrected chi connectivity index (χ3v) is 5.35. The van der Waals surface area contributed by atoms with Crippen molar-refractivity contribution in [3.05, 3.63) is 52.5 Å². The maximum Gasteiger partial charge on any atom is 1.00 e. The predicted molar refractivity (Wildman–Crippen MR) is 119 cm³/mol. The van der Waals surface area contributed by atoms with Crippen molar-refractivity contribution in [3.63, 3.8) is 0 Å². The molecular formula is C24H27ClNNaO6. The van der Waals surface area contributed by atoms with E-state index in [2.05, 4.69) is 0 Å². The summed E-state index contributed by atoms with van der Waals surface area (Å²) >= 11 is 6.33. The van der Waals surface area contributed by atoms with E-state index in [9.17, 15) is 14.7 Å². The van der Waals surface area contributed by atoms with Crippen LogP contribution >= 0.6 is 11.6 Å². The Kier molecular flexibility index (Phi) is 9.24. The largest absolute Gasteiger partial charge is 1.00 e. The second-order valence-corrected chi connectivity index (χ2v) is 9.31. The summed E-state index contributed by atoms with van der Waals surface area (Å²) in [7, 11) is 3.06. The predicted octanol–water partition coefficient (Wildman–Crippen LogP) is 0.369. The first kappa shape index (κ1) is 27.5. The number of carbonyl (C=O) groups excluding carboxylic acids is 2. The molecule has 0 radical (unpaired) electrons. The van der Waals surface area contributed by atoms with Gasteiger partial charge in [-0.2, -0.15) is 0 Å². The zero-order chi connectivity index (χ0) is 23.6. The molecule has 1 amide bonds. The van der Waals surface area contributed by atoms with Crippen molar-refractivity contribution in [1.82, 2.24) is 0 Å². The van der Waals surface area contributed by atoms with Crippen LogP contribution < -0.4 is 49.0 Å². The van der Waals surface area contributed by atoms with Crippen LogP contribution in [0.25, 0.3) is 0 Å². The molecular weight excluding hydrogens is 457 g/mol. The number of carboxylic acids is 1. The van der Waals surface area contributed by atoms with Crippen molar-refractivity contribution in [3.8, 4) is 11.5 Å². The van der Waals surface area contributed by atoms with Gasteiger partial charge in [0.05, 0.1) is 14.2 Å². The van der Waals surface area contributed by atoms with E-state index in [1.54, 1.807) is 48.4 Å². The Balaban J connectivity index is 0.00000385. The van der Waals surface area contributed by atoms with E-state index in [4.69, 9.17) is 25.8 Å². The van der Waals surface area contributed by atoms with Crippen molar-refractivity contribution in [1.29, 1.82) is 0 Å². The molecule has 0 fully saturated rings. The van der Waals surface area contributed by atoms with E-state index in [0.29, 0.717) is 39.9 Å². The van der Waals surface area contributed by atoms with Crippen LogP contribution in [0.3, 0.4) is 0 Å². The summed E-state index contributed by atoms with van der Waals surface area (Å²) in [6.07, 6.45) is -2.62. The summed E-state index contributed by atoms with van der Waals surface area (Å²) in [5.41, 5.74) is 1.61. The fourth-order valence-electron chi connectivity index (χ4n) is 3.77. The van der Waals surface area contributed by atoms with Gasteiger partial charge in [-0.05, 0) is 35.7 Å². The molecule has 0 saturated heterocycles. The SMILES string of the molecule is COc1ccc([C@H]2O[C@H](CC(=O)[O-])C(=O)N(CC(C)(C)C)c3ccc(Cl)cc32)c(OC)c1.[Na+]. The molecule has 1 aliphatic heterocycles. The summed E-state index contributed by atoms with van der Waals surface area (Å²) < 4.78 is 17.0. The third kappa shape index (κ3) is 6.43. The fourth-order valence-corrected chi connectivity index (χ4v) is 3.95. The van der Waals surface area contributed by atoms with E-state index >= 15 is 0 Å². The number of carboxylic acid groups (broad SMARTS) is 1. The van der Waals surface area contributed by atoms with Crippen LogP contribution in [0.15, 0.2) is 36.4 Å². The van der Waals surface area contributed by atoms with Gasteiger partial charge in [-0.1, -0.05) is 32.4 Å². The standard InChI is InChI=1S/C24H28ClNO6.Na/c1-24(2,3)13-26-18-9-6-14(25)10-17(18)22(32-20(23(26)29)12-21(27)28)16-8-7-15(30-4)11-19(16)31-5;/h6-11,20,22H,12-13H2,1-5H3,(H,27,28);/q;+1/p-1/t20-,22-;/m1./s1. The molecule has 7 nitrogen and oxygen atoms in total. The Morgan fingerprint density at radius 1 is 1.12 bits per heavy atom. The van der Waals surface area contributed by atoms with Gasteiger partial charge in [-0.3, -0.25) is 4.79 Å². The van der Waals surface area contributed by atoms with Gasteiger partial charge >= 0.3 is 29.6 Å². The van der Waals surface area contributed by atoms with E-state index in [1.807, 2.05) is 20.8 Å². The van der Waals surface area contributed by atoms with Crippen LogP contribution in [0.5, 0.6) is 11.5 Å². The number of nitrogens with zero attached hydrogens (tertiary/aromatic N) is 1. The Bertz CT molecular complexity index is 1020. The van der Waals surface area contributed by atoms with Gasteiger partial charge in [0.1, 0.15) is 23.7 Å². The number of anilines is 1. The number of halogens is 1. The minimum absolute atomic E-state index is 0. The topological polar surface area (TPSA) is 88.1 Å². The first-order valence-corrected chi connectivity index (χ1v) is 10.6. The van der Waals surface area contributed by atoms with Crippen molar-refractivity contribution in [2.24, 2.45) is 5.41 Å². The van der Waals surface area contributed by atoms with Crippen LogP contribution in [-0.2, 0) is 14.3 Å². The van der Waals surface area contributed by atoms with Crippen LogP contribution in [-0.4, -0.2) is 38.7 Å². The van der Waals surface area contributed by atoms with Gasteiger partial charge < -0.3 is 29.0 Å². The molecule has 172 valence electrons. The molecule has 0 aliphatic carbocycles. The average molecular weight is 484 g/mol. The molecule has 9 heteroatoms. The monoisotopic (exact) mass is 483 g/mol. The Morgan fingerprint density at radius 2 is 1.82 bits per heavy atom. The van der Waals surface area contributed by atoms with Gasteiger partial charge in [-0.25, -0.2) is 0 Å². The summed E-state index contributed by atoms with van der Waals surface area (Å²) in [6.45, 7) is 6.36. The summed E-state index contributed by atoms with van der Waals surface area (Å²) in [6, 6.07) is 10.4. The smallest absolute Gasteiger partial charge is 0.550 e. The van der Waals surface area contributed by atoms with Crippen LogP contribution in [0.4, 0.5) is 5.69 Å². The van der Waals surface area contributed by atoms with E-state index in [0.717, 1.165) is 0 Å². The molecule has 1 heterocycles. The number of rotatable bonds is 6. The molecule has 0 saturated carbocycles. The molecule has 0 aromatic heterocycles. The van der Waals surface area contributed by atoms with Crippen molar-refractivity contribution in [2.45, 2.75) is 39.4 Å². The van der Waals surface area contributed by atoms with Gasteiger partial charge in [0.25, 0.3) is 5.91 Å². The van der Waals surface area contributed by atoms with Gasteiger partial charge in [0.15, 0.2) is 0 Å². The average Bonchev–Trinajstić information content (AvgIpc) is 2.82. The van der Waals surface area contributed by atoms with Crippen LogP contribution in [0.1, 0.15) is 44.4 Å². The summed E-state index contributed by atoms with van der Waals surface area (Å²) in [5.74, 6) is -0.752. The normalized spacial score (nSPS) is 18.1. The minimum atomic E-state index is -1.37. The number of methoxy groups -OCH3 is 2. The third-order valence-electron chi connectivity index (χ3n) is 5.11. The zero-order valence-corrected chi connectivity index (χ0v) is 22.6. The number of aliphatic carboxylic acids is 1. The van der Waals surface area contributed by atoms with E-state index < -0.39 is 30.5 Å². The number of carbonyl (C=O) groups is 2. The van der Waals surface area contributed by atoms with E-state index in [1.165, 1.54) is 7.11 Å². The molecule has 33 heavy (non-hydrogen) atoms. The molecule has 2 atom stereocenters. The zero-order valence-electron chi connectivity index (χ0n) is 19.8. The maximum atomic E-state index is 13.5. The first-order chi connectivity index (χ1) is 15.0. The Labute approximate surface area is 221 Å². The molecule has 0 unspecified atom stereocenters. The second kappa shape index (κ2) is 11.1. The first-order valence-electron chi connectivity index (χ1n) is 10.2. The minimum Gasteiger partial charge on any atom is -0.550 e. The van der Waals surface area contributed by atoms with E-state index in [-0.39, 0.29) is 35.0 Å². The maximum absolute atomic E-state index is 13.5. The molecule has 1 aliphatic rings. The number of benzene rings is 2. The number of hydrogen-bond donors (Lipinski definition) is 0. The number of hydrogen-bond acceptors (Lipinski definition) is 6. The van der Waals surface area contributed by atoms with Crippen molar-refractivity contribution < 1.29 is 58.5 Å². The molecule has 0 N–H and O–H groups in total. The van der Waals surface area contributed by atoms with Crippen LogP contribution in [0, 0.1) is 5.41 Å². The quantitative estimate of drug-likeness (QED) is 0.552. The fraction of sp³-hybridized carbons (Fsp3) is 0.417. The van der Waals surface area contributed by atoms with Crippen LogP contribution in [0.2, 0.25) is 5.02 Å². The van der Waals surface area contributed by atoms with Gasteiger partial charge in [0, 0.05) is 46.8 Å². The van der Waals surface area contributed by atoms with Gasteiger partial charge in [0.2, 0.25) is 0 Å². The summed E-state index contributed by atoms with van der Waals surface area (Å²) in [5, 5.41) is 11.9. The summed E-state index contributed by atoms with van der Waals surface area (Å²) in [4.78, 5) is 26.5. The molecule has 3 rings (SSSR count). The Morgan fingerprint density at radius 3 is 2.39 bits per heavy atom. The van der Waals surface area contributed by atoms with Crippen molar-refractivity contribution >= 4 is 29.2 Å². The number of fused-ring (bicyclic) bond motifs is 1. The molecule has 0 spiro atoms. The van der Waals surface area contributed by atoms with Crippen molar-refractivity contribution in [2.75, 3.05) is 25.7 Å². The molecule has 0 bridgehead atoms. The van der Waals surface area contributed by atoms with Gasteiger partial charge in [-0.15, -0.1) is 0 Å². The number of amides is 1. The number of ether oxygens (including phenoxy) is 3. The Hall–Kier alpha value is -1.77.